The summed E-state index contributed by atoms with van der Waals surface area (Å²) in [6, 6.07) is 5.62. The lowest BCUT2D eigenvalue weighted by Crippen LogP contribution is -2.43. The molecule has 4 heterocycles. The first-order chi connectivity index (χ1) is 17.7. The smallest absolute Gasteiger partial charge is 0.422 e. The number of fused-ring (bicyclic) bond motifs is 2. The molecular formula is C25H29F3N4O3S2. The molecule has 0 radical (unpaired) electrons. The van der Waals surface area contributed by atoms with Crippen LogP contribution in [0.2, 0.25) is 0 Å². The van der Waals surface area contributed by atoms with Crippen molar-refractivity contribution in [3.63, 3.8) is 0 Å². The zero-order chi connectivity index (χ0) is 26.0. The fourth-order valence-corrected chi connectivity index (χ4v) is 6.49. The van der Waals surface area contributed by atoms with Crippen LogP contribution in [0.5, 0.6) is 5.19 Å². The van der Waals surface area contributed by atoms with E-state index in [4.69, 9.17) is 9.47 Å². The molecule has 0 unspecified atom stereocenters. The van der Waals surface area contributed by atoms with Gasteiger partial charge in [0.1, 0.15) is 0 Å². The third-order valence-corrected chi connectivity index (χ3v) is 8.69. The number of hydrogen-bond acceptors (Lipinski definition) is 8. The summed E-state index contributed by atoms with van der Waals surface area (Å²) < 4.78 is 49.1. The molecule has 2 aliphatic heterocycles. The van der Waals surface area contributed by atoms with Crippen LogP contribution in [-0.4, -0.2) is 71.9 Å². The Kier molecular flexibility index (Phi) is 7.99. The second kappa shape index (κ2) is 11.2. The van der Waals surface area contributed by atoms with Crippen LogP contribution in [0, 0.1) is 6.92 Å². The normalized spacial score (nSPS) is 21.0. The summed E-state index contributed by atoms with van der Waals surface area (Å²) in [4.78, 5) is 24.8. The van der Waals surface area contributed by atoms with Crippen molar-refractivity contribution in [2.75, 3.05) is 32.8 Å². The van der Waals surface area contributed by atoms with Gasteiger partial charge >= 0.3 is 6.18 Å². The highest BCUT2D eigenvalue weighted by molar-refractivity contribution is 7.18. The number of aryl methyl sites for hydroxylation is 1. The summed E-state index contributed by atoms with van der Waals surface area (Å²) >= 11 is 2.84. The molecule has 2 aromatic heterocycles. The van der Waals surface area contributed by atoms with Crippen molar-refractivity contribution in [3.05, 3.63) is 39.3 Å². The summed E-state index contributed by atoms with van der Waals surface area (Å²) in [6.45, 7) is 3.68. The van der Waals surface area contributed by atoms with Gasteiger partial charge in [0.05, 0.1) is 39.7 Å². The van der Waals surface area contributed by atoms with Crippen molar-refractivity contribution in [2.24, 2.45) is 0 Å². The highest BCUT2D eigenvalue weighted by atomic mass is 32.1. The number of amides is 1. The Morgan fingerprint density at radius 3 is 2.84 bits per heavy atom. The molecule has 7 nitrogen and oxygen atoms in total. The Labute approximate surface area is 221 Å². The maximum absolute atomic E-state index is 12.7. The number of nitrogens with one attached hydrogen (secondary N) is 1. The van der Waals surface area contributed by atoms with E-state index in [0.717, 1.165) is 71.1 Å². The minimum Gasteiger partial charge on any atom is -0.460 e. The van der Waals surface area contributed by atoms with Gasteiger partial charge in [0, 0.05) is 36.5 Å². The van der Waals surface area contributed by atoms with Crippen LogP contribution in [0.3, 0.4) is 0 Å². The number of benzene rings is 1. The molecule has 0 aliphatic carbocycles. The minimum absolute atomic E-state index is 0.00868. The topological polar surface area (TPSA) is 76.6 Å². The zero-order valence-electron chi connectivity index (χ0n) is 20.5. The van der Waals surface area contributed by atoms with Crippen molar-refractivity contribution in [3.8, 4) is 5.19 Å². The van der Waals surface area contributed by atoms with E-state index in [-0.39, 0.29) is 23.2 Å². The predicted octanol–water partition coefficient (Wildman–Crippen LogP) is 4.77. The van der Waals surface area contributed by atoms with E-state index in [9.17, 15) is 18.0 Å². The largest absolute Gasteiger partial charge is 0.460 e. The van der Waals surface area contributed by atoms with E-state index in [1.807, 2.05) is 25.1 Å². The van der Waals surface area contributed by atoms with E-state index >= 15 is 0 Å². The van der Waals surface area contributed by atoms with Crippen LogP contribution in [0.1, 0.15) is 45.2 Å². The summed E-state index contributed by atoms with van der Waals surface area (Å²) in [5.41, 5.74) is 2.31. The highest BCUT2D eigenvalue weighted by Crippen LogP contribution is 2.30. The van der Waals surface area contributed by atoms with Gasteiger partial charge in [-0.3, -0.25) is 4.79 Å². The highest BCUT2D eigenvalue weighted by Gasteiger charge is 2.30. The number of thiazole rings is 2. The molecule has 12 heteroatoms. The molecule has 5 rings (SSSR count). The number of carbonyl (C=O) groups is 1. The molecule has 1 fully saturated rings. The monoisotopic (exact) mass is 554 g/mol. The molecule has 37 heavy (non-hydrogen) atoms. The lowest BCUT2D eigenvalue weighted by atomic mass is 10.0. The number of aromatic nitrogens is 2. The van der Waals surface area contributed by atoms with Crippen LogP contribution in [0.15, 0.2) is 18.2 Å². The van der Waals surface area contributed by atoms with E-state index in [1.165, 1.54) is 11.3 Å². The van der Waals surface area contributed by atoms with Crippen LogP contribution in [-0.2, 0) is 17.6 Å². The number of nitrogens with zero attached hydrogens (tertiary/aromatic N) is 3. The Balaban J connectivity index is 1.03. The molecule has 200 valence electrons. The summed E-state index contributed by atoms with van der Waals surface area (Å²) in [5.74, 6) is -0.0998. The van der Waals surface area contributed by atoms with Gasteiger partial charge in [-0.25, -0.2) is 9.97 Å². The number of rotatable bonds is 7. The Morgan fingerprint density at radius 1 is 1.22 bits per heavy atom. The predicted molar refractivity (Wildman–Crippen MR) is 137 cm³/mol. The number of alkyl halides is 3. The third-order valence-electron chi connectivity index (χ3n) is 6.67. The molecule has 1 amide bonds. The molecule has 0 saturated carbocycles. The number of hydrogen-bond donors (Lipinski definition) is 1. The van der Waals surface area contributed by atoms with Crippen molar-refractivity contribution < 1.29 is 27.4 Å². The summed E-state index contributed by atoms with van der Waals surface area (Å²) in [6.07, 6.45) is -0.0832. The van der Waals surface area contributed by atoms with Gasteiger partial charge in [0.2, 0.25) is 0 Å². The molecule has 0 bridgehead atoms. The first-order valence-corrected chi connectivity index (χ1v) is 14.1. The second-order valence-electron chi connectivity index (χ2n) is 9.50. The molecule has 2 aliphatic rings. The lowest BCUT2D eigenvalue weighted by Gasteiger charge is -2.31. The molecule has 3 aromatic rings. The van der Waals surface area contributed by atoms with Crippen molar-refractivity contribution >= 4 is 38.8 Å². The van der Waals surface area contributed by atoms with Crippen LogP contribution in [0.25, 0.3) is 10.2 Å². The Bertz CT molecular complexity index is 1210. The van der Waals surface area contributed by atoms with Crippen LogP contribution < -0.4 is 10.1 Å². The minimum atomic E-state index is -4.36. The Morgan fingerprint density at radius 2 is 2.05 bits per heavy atom. The fourth-order valence-electron chi connectivity index (χ4n) is 4.74. The average molecular weight is 555 g/mol. The molecule has 1 saturated heterocycles. The van der Waals surface area contributed by atoms with Gasteiger partial charge in [-0.2, -0.15) is 13.2 Å². The van der Waals surface area contributed by atoms with Gasteiger partial charge < -0.3 is 19.7 Å². The standard InChI is InChI=1S/C25H29F3N4O3S2/c1-15-29-20-12-16(2-5-21(20)36-15)23(33)30-17-3-4-18(34-13-17)6-9-32-10-7-19-22(8-11-32)37-24(31-19)35-14-25(26,27)28/h2,5,12,17-18H,3-4,6-11,13-14H2,1H3,(H,30,33)/t17-,18+/m0/s1. The quantitative estimate of drug-likeness (QED) is 0.454. The summed E-state index contributed by atoms with van der Waals surface area (Å²) in [7, 11) is 0. The van der Waals surface area contributed by atoms with Crippen molar-refractivity contribution in [1.29, 1.82) is 0 Å². The number of halogens is 3. The van der Waals surface area contributed by atoms with Gasteiger partial charge in [0.15, 0.2) is 6.61 Å². The van der Waals surface area contributed by atoms with Crippen molar-refractivity contribution in [2.45, 2.75) is 57.3 Å². The molecule has 1 aromatic carbocycles. The lowest BCUT2D eigenvalue weighted by molar-refractivity contribution is -0.153. The third kappa shape index (κ3) is 6.98. The molecule has 1 N–H and O–H groups in total. The second-order valence-corrected chi connectivity index (χ2v) is 11.8. The van der Waals surface area contributed by atoms with Gasteiger partial charge in [-0.1, -0.05) is 11.3 Å². The Hall–Kier alpha value is -2.28. The molecular weight excluding hydrogens is 525 g/mol. The maximum Gasteiger partial charge on any atom is 0.422 e. The van der Waals surface area contributed by atoms with Crippen molar-refractivity contribution in [1.82, 2.24) is 20.2 Å². The maximum atomic E-state index is 12.7. The van der Waals surface area contributed by atoms with E-state index in [2.05, 4.69) is 20.2 Å². The van der Waals surface area contributed by atoms with Crippen LogP contribution in [0.4, 0.5) is 13.2 Å². The van der Waals surface area contributed by atoms with Crippen LogP contribution >= 0.6 is 22.7 Å². The van der Waals surface area contributed by atoms with E-state index in [1.54, 1.807) is 11.3 Å². The first kappa shape index (κ1) is 26.3. The SMILES string of the molecule is Cc1nc2cc(C(=O)N[C@H]3CC[C@H](CCN4CCc5nc(OCC(F)(F)F)sc5CC4)OC3)ccc2s1. The number of carbonyl (C=O) groups excluding carboxylic acids is 1. The van der Waals surface area contributed by atoms with Gasteiger partial charge in [-0.05, 0) is 50.8 Å². The van der Waals surface area contributed by atoms with E-state index < -0.39 is 12.8 Å². The zero-order valence-corrected chi connectivity index (χ0v) is 22.1. The van der Waals surface area contributed by atoms with Gasteiger partial charge in [-0.15, -0.1) is 11.3 Å². The average Bonchev–Trinajstić information content (AvgIpc) is 3.38. The molecule has 2 atom stereocenters. The van der Waals surface area contributed by atoms with Gasteiger partial charge in [0.25, 0.3) is 11.1 Å². The number of ether oxygens (including phenoxy) is 2. The first-order valence-electron chi connectivity index (χ1n) is 12.4. The fraction of sp³-hybridized carbons (Fsp3) is 0.560. The molecule has 0 spiro atoms. The van der Waals surface area contributed by atoms with E-state index in [0.29, 0.717) is 18.6 Å². The summed E-state index contributed by atoms with van der Waals surface area (Å²) in [5, 5.41) is 4.18.